The predicted molar refractivity (Wildman–Crippen MR) is 176 cm³/mol. The van der Waals surface area contributed by atoms with E-state index in [4.69, 9.17) is 0 Å². The van der Waals surface area contributed by atoms with Crippen molar-refractivity contribution in [2.24, 2.45) is 0 Å². The second-order valence-corrected chi connectivity index (χ2v) is 11.8. The van der Waals surface area contributed by atoms with Gasteiger partial charge in [0.05, 0.1) is 0 Å². The molecule has 4 nitrogen and oxygen atoms in total. The number of anilines is 2. The number of carbonyl (C=O) groups excluding carboxylic acids is 2. The van der Waals surface area contributed by atoms with Gasteiger partial charge in [0.25, 0.3) is 0 Å². The number of rotatable bonds is 25. The molecule has 228 valence electrons. The van der Waals surface area contributed by atoms with Crippen LogP contribution in [0.25, 0.3) is 0 Å². The molecule has 0 unspecified atom stereocenters. The maximum absolute atomic E-state index is 12.3. The molecule has 0 spiro atoms. The summed E-state index contributed by atoms with van der Waals surface area (Å²) in [6.45, 7) is 2.29. The molecule has 0 fully saturated rings. The second kappa shape index (κ2) is 24.0. The molecule has 0 aliphatic rings. The Labute approximate surface area is 251 Å². The van der Waals surface area contributed by atoms with E-state index < -0.39 is 0 Å². The summed E-state index contributed by atoms with van der Waals surface area (Å²) >= 11 is 0. The van der Waals surface area contributed by atoms with Crippen molar-refractivity contribution in [3.05, 3.63) is 60.2 Å². The SMILES string of the molecule is CCCCCCCCCCCCCCCCCCCCCC(=O)Nc1ccc(NC(=O)CCc2ccccc2)cc1. The van der Waals surface area contributed by atoms with E-state index in [2.05, 4.69) is 17.6 Å². The Bertz CT molecular complexity index is 910. The fourth-order valence-electron chi connectivity index (χ4n) is 5.35. The number of hydrogen-bond acceptors (Lipinski definition) is 2. The number of carbonyl (C=O) groups is 2. The van der Waals surface area contributed by atoms with E-state index in [0.717, 1.165) is 36.2 Å². The summed E-state index contributed by atoms with van der Waals surface area (Å²) in [6.07, 6.45) is 27.5. The van der Waals surface area contributed by atoms with Crippen molar-refractivity contribution >= 4 is 23.2 Å². The van der Waals surface area contributed by atoms with Crippen LogP contribution < -0.4 is 10.6 Å². The standard InChI is InChI=1S/C37H58N2O2/c1-2-3-4-5-6-7-8-9-10-11-12-13-14-15-16-17-18-19-23-26-36(40)38-34-28-30-35(31-29-34)39-37(41)32-27-33-24-21-20-22-25-33/h20-22,24-25,28-31H,2-19,23,26-27,32H2,1H3,(H,38,40)(H,39,41). The Kier molecular flexibility index (Phi) is 20.3. The minimum atomic E-state index is -0.00464. The summed E-state index contributed by atoms with van der Waals surface area (Å²) < 4.78 is 0. The molecular weight excluding hydrogens is 504 g/mol. The molecule has 2 aromatic carbocycles. The predicted octanol–water partition coefficient (Wildman–Crippen LogP) is 11.0. The zero-order valence-corrected chi connectivity index (χ0v) is 26.1. The van der Waals surface area contributed by atoms with Gasteiger partial charge in [-0.15, -0.1) is 0 Å². The van der Waals surface area contributed by atoms with Crippen LogP contribution >= 0.6 is 0 Å². The molecule has 2 amide bonds. The van der Waals surface area contributed by atoms with E-state index in [0.29, 0.717) is 12.8 Å². The molecule has 2 rings (SSSR count). The van der Waals surface area contributed by atoms with Crippen molar-refractivity contribution in [2.45, 2.75) is 148 Å². The van der Waals surface area contributed by atoms with E-state index >= 15 is 0 Å². The smallest absolute Gasteiger partial charge is 0.224 e. The molecule has 0 aliphatic carbocycles. The van der Waals surface area contributed by atoms with Gasteiger partial charge in [0.2, 0.25) is 11.8 Å². The summed E-state index contributed by atoms with van der Waals surface area (Å²) in [7, 11) is 0. The van der Waals surface area contributed by atoms with Gasteiger partial charge in [-0.05, 0) is 42.7 Å². The van der Waals surface area contributed by atoms with Gasteiger partial charge >= 0.3 is 0 Å². The van der Waals surface area contributed by atoms with Crippen molar-refractivity contribution in [3.8, 4) is 0 Å². The number of nitrogens with one attached hydrogen (secondary N) is 2. The van der Waals surface area contributed by atoms with E-state index in [9.17, 15) is 9.59 Å². The lowest BCUT2D eigenvalue weighted by atomic mass is 10.0. The van der Waals surface area contributed by atoms with Crippen molar-refractivity contribution in [2.75, 3.05) is 10.6 Å². The zero-order chi connectivity index (χ0) is 29.2. The molecule has 0 atom stereocenters. The van der Waals surface area contributed by atoms with Crippen LogP contribution in [0.2, 0.25) is 0 Å². The number of unbranched alkanes of at least 4 members (excludes halogenated alkanes) is 18. The maximum Gasteiger partial charge on any atom is 0.224 e. The van der Waals surface area contributed by atoms with Crippen LogP contribution in [0, 0.1) is 0 Å². The zero-order valence-electron chi connectivity index (χ0n) is 26.1. The minimum Gasteiger partial charge on any atom is -0.326 e. The van der Waals surface area contributed by atoms with Crippen LogP contribution in [-0.2, 0) is 16.0 Å². The van der Waals surface area contributed by atoms with Gasteiger partial charge in [0.1, 0.15) is 0 Å². The molecule has 2 aromatic rings. The molecule has 0 radical (unpaired) electrons. The highest BCUT2D eigenvalue weighted by molar-refractivity contribution is 5.93. The lowest BCUT2D eigenvalue weighted by Gasteiger charge is -2.08. The third kappa shape index (κ3) is 19.2. The average molecular weight is 563 g/mol. The number of hydrogen-bond donors (Lipinski definition) is 2. The molecule has 0 saturated heterocycles. The highest BCUT2D eigenvalue weighted by Gasteiger charge is 2.05. The van der Waals surface area contributed by atoms with Gasteiger partial charge in [0, 0.05) is 24.2 Å². The van der Waals surface area contributed by atoms with Gasteiger partial charge in [-0.25, -0.2) is 0 Å². The van der Waals surface area contributed by atoms with Gasteiger partial charge in [-0.2, -0.15) is 0 Å². The van der Waals surface area contributed by atoms with Gasteiger partial charge in [-0.1, -0.05) is 153 Å². The number of amides is 2. The maximum atomic E-state index is 12.3. The molecule has 0 aromatic heterocycles. The molecule has 0 aliphatic heterocycles. The van der Waals surface area contributed by atoms with Crippen molar-refractivity contribution in [3.63, 3.8) is 0 Å². The topological polar surface area (TPSA) is 58.2 Å². The van der Waals surface area contributed by atoms with Crippen LogP contribution in [0.15, 0.2) is 54.6 Å². The molecule has 0 bridgehead atoms. The van der Waals surface area contributed by atoms with Crippen LogP contribution in [0.1, 0.15) is 147 Å². The summed E-state index contributed by atoms with van der Waals surface area (Å²) in [4.78, 5) is 24.5. The summed E-state index contributed by atoms with van der Waals surface area (Å²) in [5, 5.41) is 5.91. The van der Waals surface area contributed by atoms with Crippen LogP contribution in [0.5, 0.6) is 0 Å². The van der Waals surface area contributed by atoms with Gasteiger partial charge < -0.3 is 10.6 Å². The van der Waals surface area contributed by atoms with Gasteiger partial charge in [-0.3, -0.25) is 9.59 Å². The van der Waals surface area contributed by atoms with Crippen molar-refractivity contribution in [1.29, 1.82) is 0 Å². The summed E-state index contributed by atoms with van der Waals surface area (Å²) in [5.41, 5.74) is 2.68. The van der Waals surface area contributed by atoms with Gasteiger partial charge in [0.15, 0.2) is 0 Å². The summed E-state index contributed by atoms with van der Waals surface area (Å²) in [6, 6.07) is 17.4. The Morgan fingerprint density at radius 1 is 0.463 bits per heavy atom. The van der Waals surface area contributed by atoms with Crippen LogP contribution in [0.4, 0.5) is 11.4 Å². The number of benzene rings is 2. The Balaban J connectivity index is 1.36. The quantitative estimate of drug-likeness (QED) is 0.118. The largest absolute Gasteiger partial charge is 0.326 e. The third-order valence-electron chi connectivity index (χ3n) is 7.94. The monoisotopic (exact) mass is 562 g/mol. The lowest BCUT2D eigenvalue weighted by Crippen LogP contribution is -2.13. The van der Waals surface area contributed by atoms with Crippen LogP contribution in [-0.4, -0.2) is 11.8 Å². The fraction of sp³-hybridized carbons (Fsp3) is 0.622. The molecule has 0 heterocycles. The molecule has 0 saturated carbocycles. The third-order valence-corrected chi connectivity index (χ3v) is 7.94. The first-order valence-electron chi connectivity index (χ1n) is 16.9. The minimum absolute atomic E-state index is 0.00464. The van der Waals surface area contributed by atoms with E-state index in [1.54, 1.807) is 0 Å². The van der Waals surface area contributed by atoms with Crippen molar-refractivity contribution in [1.82, 2.24) is 0 Å². The van der Waals surface area contributed by atoms with Crippen molar-refractivity contribution < 1.29 is 9.59 Å². The number of aryl methyl sites for hydroxylation is 1. The fourth-order valence-corrected chi connectivity index (χ4v) is 5.35. The Hall–Kier alpha value is -2.62. The Morgan fingerprint density at radius 2 is 0.829 bits per heavy atom. The lowest BCUT2D eigenvalue weighted by molar-refractivity contribution is -0.117. The first-order chi connectivity index (χ1) is 20.2. The molecule has 41 heavy (non-hydrogen) atoms. The highest BCUT2D eigenvalue weighted by Crippen LogP contribution is 2.17. The molecule has 2 N–H and O–H groups in total. The van der Waals surface area contributed by atoms with E-state index in [1.807, 2.05) is 54.6 Å². The first-order valence-corrected chi connectivity index (χ1v) is 16.9. The Morgan fingerprint density at radius 3 is 1.24 bits per heavy atom. The average Bonchev–Trinajstić information content (AvgIpc) is 2.99. The van der Waals surface area contributed by atoms with E-state index in [1.165, 1.54) is 109 Å². The second-order valence-electron chi connectivity index (χ2n) is 11.8. The normalized spacial score (nSPS) is 11.0. The van der Waals surface area contributed by atoms with Crippen LogP contribution in [0.3, 0.4) is 0 Å². The summed E-state index contributed by atoms with van der Waals surface area (Å²) in [5.74, 6) is 0.0617. The molecule has 4 heteroatoms. The van der Waals surface area contributed by atoms with E-state index in [-0.39, 0.29) is 11.8 Å². The highest BCUT2D eigenvalue weighted by atomic mass is 16.2. The molecular formula is C37H58N2O2. The first kappa shape index (κ1) is 34.6.